The van der Waals surface area contributed by atoms with Gasteiger partial charge >= 0.3 is 0 Å². The third-order valence-corrected chi connectivity index (χ3v) is 3.81. The van der Waals surface area contributed by atoms with Crippen LogP contribution in [0.4, 0.5) is 0 Å². The summed E-state index contributed by atoms with van der Waals surface area (Å²) in [5.74, 6) is 0.460. The Morgan fingerprint density at radius 2 is 1.91 bits per heavy atom. The van der Waals surface area contributed by atoms with E-state index in [-0.39, 0.29) is 17.5 Å². The number of carbonyl (C=O) groups excluding carboxylic acids is 2. The predicted molar refractivity (Wildman–Crippen MR) is 88.6 cm³/mol. The lowest BCUT2D eigenvalue weighted by Gasteiger charge is -2.13. The minimum absolute atomic E-state index is 0.0159. The normalized spacial score (nSPS) is 12.0. The van der Waals surface area contributed by atoms with Gasteiger partial charge in [0.15, 0.2) is 11.6 Å². The molecule has 4 heteroatoms. The zero-order chi connectivity index (χ0) is 16.5. The minimum Gasteiger partial charge on any atom is -0.494 e. The molecule has 0 amide bonds. The number of ketones is 2. The molecule has 1 atom stereocenters. The van der Waals surface area contributed by atoms with Crippen LogP contribution < -0.4 is 10.5 Å². The van der Waals surface area contributed by atoms with Crippen molar-refractivity contribution in [2.45, 2.75) is 46.5 Å². The molecule has 0 aliphatic rings. The van der Waals surface area contributed by atoms with E-state index < -0.39 is 0 Å². The summed E-state index contributed by atoms with van der Waals surface area (Å²) in [6, 6.07) is 5.16. The lowest BCUT2D eigenvalue weighted by molar-refractivity contribution is 0.0915. The van der Waals surface area contributed by atoms with Gasteiger partial charge in [-0.2, -0.15) is 0 Å². The van der Waals surface area contributed by atoms with Crippen LogP contribution in [0.5, 0.6) is 5.75 Å². The van der Waals surface area contributed by atoms with E-state index in [0.29, 0.717) is 30.0 Å². The molecule has 0 aromatic heterocycles. The molecule has 1 unspecified atom stereocenters. The zero-order valence-electron chi connectivity index (χ0n) is 13.9. The highest BCUT2D eigenvalue weighted by atomic mass is 16.5. The molecule has 0 saturated heterocycles. The SMILES string of the molecule is CCC(C)C(=O)c1ccc(OCCCCCN)cc1C(C)=O. The van der Waals surface area contributed by atoms with E-state index >= 15 is 0 Å². The van der Waals surface area contributed by atoms with Crippen LogP contribution >= 0.6 is 0 Å². The smallest absolute Gasteiger partial charge is 0.166 e. The monoisotopic (exact) mass is 305 g/mol. The highest BCUT2D eigenvalue weighted by Crippen LogP contribution is 2.22. The summed E-state index contributed by atoms with van der Waals surface area (Å²) in [7, 11) is 0. The van der Waals surface area contributed by atoms with Gasteiger partial charge in [0.05, 0.1) is 6.61 Å². The van der Waals surface area contributed by atoms with Crippen molar-refractivity contribution in [3.63, 3.8) is 0 Å². The van der Waals surface area contributed by atoms with Gasteiger partial charge in [0.1, 0.15) is 5.75 Å². The van der Waals surface area contributed by atoms with Crippen LogP contribution in [0.25, 0.3) is 0 Å². The van der Waals surface area contributed by atoms with E-state index in [2.05, 4.69) is 0 Å². The molecule has 0 spiro atoms. The molecule has 4 nitrogen and oxygen atoms in total. The molecule has 122 valence electrons. The van der Waals surface area contributed by atoms with Gasteiger partial charge in [-0.3, -0.25) is 9.59 Å². The first-order chi connectivity index (χ1) is 10.5. The van der Waals surface area contributed by atoms with Gasteiger partial charge in [-0.15, -0.1) is 0 Å². The average molecular weight is 305 g/mol. The van der Waals surface area contributed by atoms with Crippen molar-refractivity contribution in [1.29, 1.82) is 0 Å². The molecule has 0 aliphatic carbocycles. The highest BCUT2D eigenvalue weighted by Gasteiger charge is 2.19. The van der Waals surface area contributed by atoms with Gasteiger partial charge < -0.3 is 10.5 Å². The van der Waals surface area contributed by atoms with Gasteiger partial charge in [-0.25, -0.2) is 0 Å². The molecule has 0 fully saturated rings. The summed E-state index contributed by atoms with van der Waals surface area (Å²) >= 11 is 0. The number of nitrogens with two attached hydrogens (primary N) is 1. The van der Waals surface area contributed by atoms with Crippen molar-refractivity contribution in [3.05, 3.63) is 29.3 Å². The Morgan fingerprint density at radius 3 is 2.50 bits per heavy atom. The molecular weight excluding hydrogens is 278 g/mol. The number of Topliss-reactive ketones (excluding diaryl/α,β-unsaturated/α-hetero) is 2. The van der Waals surface area contributed by atoms with E-state index in [0.717, 1.165) is 25.7 Å². The molecule has 1 aromatic rings. The fourth-order valence-electron chi connectivity index (χ4n) is 2.18. The van der Waals surface area contributed by atoms with E-state index in [1.165, 1.54) is 6.92 Å². The van der Waals surface area contributed by atoms with Crippen LogP contribution in [-0.2, 0) is 0 Å². The Hall–Kier alpha value is -1.68. The van der Waals surface area contributed by atoms with Gasteiger partial charge in [0.25, 0.3) is 0 Å². The maximum absolute atomic E-state index is 12.3. The molecule has 1 rings (SSSR count). The molecule has 0 bridgehead atoms. The number of ether oxygens (including phenoxy) is 1. The second-order valence-corrected chi connectivity index (χ2v) is 5.63. The topological polar surface area (TPSA) is 69.4 Å². The average Bonchev–Trinajstić information content (AvgIpc) is 2.53. The molecule has 22 heavy (non-hydrogen) atoms. The third kappa shape index (κ3) is 5.26. The van der Waals surface area contributed by atoms with E-state index in [9.17, 15) is 9.59 Å². The Morgan fingerprint density at radius 1 is 1.18 bits per heavy atom. The quantitative estimate of drug-likeness (QED) is 0.529. The second-order valence-electron chi connectivity index (χ2n) is 5.63. The maximum Gasteiger partial charge on any atom is 0.166 e. The maximum atomic E-state index is 12.3. The first kappa shape index (κ1) is 18.4. The number of carbonyl (C=O) groups is 2. The number of rotatable bonds is 10. The van der Waals surface area contributed by atoms with Crippen LogP contribution in [-0.4, -0.2) is 24.7 Å². The van der Waals surface area contributed by atoms with E-state index in [4.69, 9.17) is 10.5 Å². The predicted octanol–water partition coefficient (Wildman–Crippen LogP) is 3.63. The summed E-state index contributed by atoms with van der Waals surface area (Å²) in [6.45, 7) is 6.62. The van der Waals surface area contributed by atoms with Gasteiger partial charge in [0.2, 0.25) is 0 Å². The highest BCUT2D eigenvalue weighted by molar-refractivity contribution is 6.09. The van der Waals surface area contributed by atoms with Gasteiger partial charge in [-0.05, 0) is 57.4 Å². The van der Waals surface area contributed by atoms with Crippen LogP contribution in [0.15, 0.2) is 18.2 Å². The molecule has 0 aliphatic heterocycles. The lowest BCUT2D eigenvalue weighted by atomic mass is 9.92. The van der Waals surface area contributed by atoms with Gasteiger partial charge in [-0.1, -0.05) is 13.8 Å². The Kier molecular flexibility index (Phi) is 7.82. The summed E-state index contributed by atoms with van der Waals surface area (Å²) < 4.78 is 5.66. The van der Waals surface area contributed by atoms with Crippen molar-refractivity contribution in [2.24, 2.45) is 11.7 Å². The van der Waals surface area contributed by atoms with Crippen LogP contribution in [0.1, 0.15) is 67.2 Å². The fraction of sp³-hybridized carbons (Fsp3) is 0.556. The molecule has 0 heterocycles. The van der Waals surface area contributed by atoms with Crippen molar-refractivity contribution >= 4 is 11.6 Å². The molecule has 2 N–H and O–H groups in total. The molecule has 1 aromatic carbocycles. The zero-order valence-corrected chi connectivity index (χ0v) is 13.9. The summed E-state index contributed by atoms with van der Waals surface area (Å²) in [5, 5.41) is 0. The van der Waals surface area contributed by atoms with Crippen molar-refractivity contribution in [2.75, 3.05) is 13.2 Å². The largest absolute Gasteiger partial charge is 0.494 e. The van der Waals surface area contributed by atoms with Crippen LogP contribution in [0.2, 0.25) is 0 Å². The third-order valence-electron chi connectivity index (χ3n) is 3.81. The molecule has 0 saturated carbocycles. The van der Waals surface area contributed by atoms with Crippen molar-refractivity contribution in [3.8, 4) is 5.75 Å². The van der Waals surface area contributed by atoms with Gasteiger partial charge in [0, 0.05) is 17.0 Å². The number of unbranched alkanes of at least 4 members (excludes halogenated alkanes) is 2. The standard InChI is InChI=1S/C18H27NO3/c1-4-13(2)18(21)16-9-8-15(12-17(16)14(3)20)22-11-7-5-6-10-19/h8-9,12-13H,4-7,10-11,19H2,1-3H3. The van der Waals surface area contributed by atoms with E-state index in [1.807, 2.05) is 13.8 Å². The lowest BCUT2D eigenvalue weighted by Crippen LogP contribution is -2.14. The minimum atomic E-state index is -0.111. The number of hydrogen-bond donors (Lipinski definition) is 1. The molecule has 0 radical (unpaired) electrons. The number of benzene rings is 1. The van der Waals surface area contributed by atoms with E-state index in [1.54, 1.807) is 18.2 Å². The van der Waals surface area contributed by atoms with Crippen LogP contribution in [0.3, 0.4) is 0 Å². The van der Waals surface area contributed by atoms with Crippen molar-refractivity contribution < 1.29 is 14.3 Å². The summed E-state index contributed by atoms with van der Waals surface area (Å²) in [4.78, 5) is 24.2. The van der Waals surface area contributed by atoms with Crippen molar-refractivity contribution in [1.82, 2.24) is 0 Å². The Balaban J connectivity index is 2.82. The summed E-state index contributed by atoms with van der Waals surface area (Å²) in [6.07, 6.45) is 3.71. The second kappa shape index (κ2) is 9.36. The fourth-order valence-corrected chi connectivity index (χ4v) is 2.18. The summed E-state index contributed by atoms with van der Waals surface area (Å²) in [5.41, 5.74) is 6.39. The van der Waals surface area contributed by atoms with Crippen LogP contribution in [0, 0.1) is 5.92 Å². The Labute approximate surface area is 133 Å². The first-order valence-corrected chi connectivity index (χ1v) is 8.03. The number of hydrogen-bond acceptors (Lipinski definition) is 4. The first-order valence-electron chi connectivity index (χ1n) is 8.03. The Bertz CT molecular complexity index is 511. The molecular formula is C18H27NO3.